The Morgan fingerprint density at radius 3 is 2.47 bits per heavy atom. The largest absolute Gasteiger partial charge is 0.416 e. The van der Waals surface area contributed by atoms with Gasteiger partial charge in [0.05, 0.1) is 5.56 Å². The molecule has 2 aromatic rings. The summed E-state index contributed by atoms with van der Waals surface area (Å²) in [7, 11) is 0. The number of carbonyl (C=O) groups excluding carboxylic acids is 2. The number of carbonyl (C=O) groups is 2. The first kappa shape index (κ1) is 23.7. The van der Waals surface area contributed by atoms with Crippen LogP contribution < -0.4 is 10.6 Å². The van der Waals surface area contributed by atoms with Crippen LogP contribution in [0.5, 0.6) is 0 Å². The SMILES string of the molecule is CC1=C(C(=O)Nc2cccc(F)c2)[C@H](c2ccccc2C(F)(F)F)C2=C(CC(C)(C)CC2=O)N1. The van der Waals surface area contributed by atoms with Crippen LogP contribution in [0.4, 0.5) is 23.2 Å². The lowest BCUT2D eigenvalue weighted by Crippen LogP contribution is -2.39. The number of rotatable bonds is 3. The van der Waals surface area contributed by atoms with Crippen LogP contribution in [0, 0.1) is 11.2 Å². The number of nitrogens with one attached hydrogen (secondary N) is 2. The van der Waals surface area contributed by atoms with E-state index in [9.17, 15) is 27.2 Å². The minimum absolute atomic E-state index is 0.00670. The van der Waals surface area contributed by atoms with Crippen LogP contribution in [0.15, 0.2) is 71.1 Å². The summed E-state index contributed by atoms with van der Waals surface area (Å²) in [6.07, 6.45) is -4.08. The van der Waals surface area contributed by atoms with Crippen LogP contribution in [0.25, 0.3) is 0 Å². The van der Waals surface area contributed by atoms with Crippen LogP contribution in [0.3, 0.4) is 0 Å². The van der Waals surface area contributed by atoms with Crippen molar-refractivity contribution in [1.82, 2.24) is 5.32 Å². The molecule has 0 saturated heterocycles. The number of hydrogen-bond donors (Lipinski definition) is 2. The molecule has 4 rings (SSSR count). The molecule has 0 unspecified atom stereocenters. The number of allylic oxidation sites excluding steroid dienone is 3. The number of amides is 1. The van der Waals surface area contributed by atoms with Gasteiger partial charge < -0.3 is 10.6 Å². The second-order valence-electron chi connectivity index (χ2n) is 9.48. The number of alkyl halides is 3. The van der Waals surface area contributed by atoms with Gasteiger partial charge in [-0.1, -0.05) is 38.1 Å². The Bertz CT molecular complexity index is 1240. The summed E-state index contributed by atoms with van der Waals surface area (Å²) in [6, 6.07) is 10.2. The molecule has 8 heteroatoms. The normalized spacial score (nSPS) is 20.1. The van der Waals surface area contributed by atoms with Gasteiger partial charge in [-0.2, -0.15) is 13.2 Å². The number of benzene rings is 2. The summed E-state index contributed by atoms with van der Waals surface area (Å²) < 4.78 is 55.6. The summed E-state index contributed by atoms with van der Waals surface area (Å²) in [6.45, 7) is 5.43. The lowest BCUT2D eigenvalue weighted by atomic mass is 9.68. The van der Waals surface area contributed by atoms with Crippen molar-refractivity contribution in [2.45, 2.75) is 45.7 Å². The van der Waals surface area contributed by atoms with E-state index in [0.717, 1.165) is 12.1 Å². The maximum absolute atomic E-state index is 14.0. The molecular formula is C26H24F4N2O2. The van der Waals surface area contributed by atoms with Gasteiger partial charge in [0.25, 0.3) is 5.91 Å². The molecule has 0 saturated carbocycles. The minimum Gasteiger partial charge on any atom is -0.362 e. The summed E-state index contributed by atoms with van der Waals surface area (Å²) in [5, 5.41) is 5.69. The van der Waals surface area contributed by atoms with E-state index in [1.165, 1.54) is 36.4 Å². The van der Waals surface area contributed by atoms with Gasteiger partial charge in [-0.3, -0.25) is 9.59 Å². The van der Waals surface area contributed by atoms with Crippen molar-refractivity contribution in [1.29, 1.82) is 0 Å². The Morgan fingerprint density at radius 2 is 1.79 bits per heavy atom. The first-order chi connectivity index (χ1) is 15.9. The van der Waals surface area contributed by atoms with E-state index in [1.54, 1.807) is 6.92 Å². The summed E-state index contributed by atoms with van der Waals surface area (Å²) >= 11 is 0. The zero-order chi connectivity index (χ0) is 24.8. The Hall–Kier alpha value is -3.42. The van der Waals surface area contributed by atoms with E-state index in [1.807, 2.05) is 13.8 Å². The van der Waals surface area contributed by atoms with Crippen molar-refractivity contribution in [2.75, 3.05) is 5.32 Å². The maximum atomic E-state index is 14.0. The molecule has 2 aromatic carbocycles. The molecule has 0 radical (unpaired) electrons. The smallest absolute Gasteiger partial charge is 0.362 e. The Kier molecular flexibility index (Phi) is 5.87. The van der Waals surface area contributed by atoms with Crippen LogP contribution in [0.2, 0.25) is 0 Å². The van der Waals surface area contributed by atoms with E-state index in [2.05, 4.69) is 10.6 Å². The molecule has 34 heavy (non-hydrogen) atoms. The highest BCUT2D eigenvalue weighted by molar-refractivity contribution is 6.10. The fraction of sp³-hybridized carbons (Fsp3) is 0.308. The average Bonchev–Trinajstić information content (AvgIpc) is 2.71. The molecule has 1 atom stereocenters. The molecular weight excluding hydrogens is 448 g/mol. The highest BCUT2D eigenvalue weighted by Crippen LogP contribution is 2.49. The van der Waals surface area contributed by atoms with Gasteiger partial charge in [-0.15, -0.1) is 0 Å². The van der Waals surface area contributed by atoms with Gasteiger partial charge in [-0.25, -0.2) is 4.39 Å². The van der Waals surface area contributed by atoms with Crippen LogP contribution in [-0.2, 0) is 15.8 Å². The molecule has 2 N–H and O–H groups in total. The van der Waals surface area contributed by atoms with E-state index >= 15 is 0 Å². The quantitative estimate of drug-likeness (QED) is 0.532. The highest BCUT2D eigenvalue weighted by Gasteiger charge is 2.45. The number of hydrogen-bond acceptors (Lipinski definition) is 3. The molecule has 178 valence electrons. The molecule has 1 aliphatic heterocycles. The van der Waals surface area contributed by atoms with Crippen molar-refractivity contribution in [3.63, 3.8) is 0 Å². The number of anilines is 1. The van der Waals surface area contributed by atoms with Crippen LogP contribution in [-0.4, -0.2) is 11.7 Å². The van der Waals surface area contributed by atoms with Crippen molar-refractivity contribution in [3.8, 4) is 0 Å². The third-order valence-electron chi connectivity index (χ3n) is 6.14. The second kappa shape index (κ2) is 8.42. The standard InChI is InChI=1S/C26H24F4N2O2/c1-14-21(24(34)32-16-8-6-7-15(27)11-16)22(17-9-4-5-10-18(17)26(28,29)30)23-19(31-14)12-25(2,3)13-20(23)33/h4-11,22,31H,12-13H2,1-3H3,(H,32,34)/t22-/m0/s1. The fourth-order valence-electron chi connectivity index (χ4n) is 4.82. The molecule has 2 aliphatic rings. The minimum atomic E-state index is -4.68. The van der Waals surface area contributed by atoms with Gasteiger partial charge in [0.15, 0.2) is 5.78 Å². The maximum Gasteiger partial charge on any atom is 0.416 e. The van der Waals surface area contributed by atoms with Gasteiger partial charge in [0.1, 0.15) is 5.82 Å². The predicted octanol–water partition coefficient (Wildman–Crippen LogP) is 6.09. The Morgan fingerprint density at radius 1 is 1.09 bits per heavy atom. The van der Waals surface area contributed by atoms with Crippen molar-refractivity contribution < 1.29 is 27.2 Å². The summed E-state index contributed by atoms with van der Waals surface area (Å²) in [4.78, 5) is 26.7. The summed E-state index contributed by atoms with van der Waals surface area (Å²) in [5.41, 5.74) is -0.249. The van der Waals surface area contributed by atoms with E-state index in [4.69, 9.17) is 0 Å². The van der Waals surface area contributed by atoms with E-state index in [-0.39, 0.29) is 40.0 Å². The lowest BCUT2D eigenvalue weighted by Gasteiger charge is -2.40. The predicted molar refractivity (Wildman–Crippen MR) is 120 cm³/mol. The Labute approximate surface area is 194 Å². The van der Waals surface area contributed by atoms with Crippen LogP contribution in [0.1, 0.15) is 50.7 Å². The van der Waals surface area contributed by atoms with Gasteiger partial charge in [-0.05, 0) is 48.6 Å². The van der Waals surface area contributed by atoms with Crippen molar-refractivity contribution in [2.24, 2.45) is 5.41 Å². The number of dihydropyridines is 1. The molecule has 4 nitrogen and oxygen atoms in total. The van der Waals surface area contributed by atoms with Crippen LogP contribution >= 0.6 is 0 Å². The molecule has 0 spiro atoms. The third-order valence-corrected chi connectivity index (χ3v) is 6.14. The topological polar surface area (TPSA) is 58.2 Å². The van der Waals surface area contributed by atoms with Crippen molar-refractivity contribution in [3.05, 3.63) is 88.0 Å². The van der Waals surface area contributed by atoms with E-state index in [0.29, 0.717) is 17.8 Å². The number of halogens is 4. The summed E-state index contributed by atoms with van der Waals surface area (Å²) in [5.74, 6) is -2.80. The molecule has 1 amide bonds. The first-order valence-corrected chi connectivity index (χ1v) is 10.8. The highest BCUT2D eigenvalue weighted by atomic mass is 19.4. The van der Waals surface area contributed by atoms with Crippen molar-refractivity contribution >= 4 is 17.4 Å². The van der Waals surface area contributed by atoms with E-state index < -0.39 is 29.4 Å². The first-order valence-electron chi connectivity index (χ1n) is 10.8. The molecule has 0 fully saturated rings. The zero-order valence-corrected chi connectivity index (χ0v) is 18.9. The lowest BCUT2D eigenvalue weighted by molar-refractivity contribution is -0.138. The van der Waals surface area contributed by atoms with Gasteiger partial charge >= 0.3 is 6.18 Å². The monoisotopic (exact) mass is 472 g/mol. The zero-order valence-electron chi connectivity index (χ0n) is 18.9. The molecule has 1 heterocycles. The molecule has 0 bridgehead atoms. The number of Topliss-reactive ketones (excluding diaryl/α,β-unsaturated/α-hetero) is 1. The second-order valence-corrected chi connectivity index (χ2v) is 9.48. The third kappa shape index (κ3) is 4.49. The number of ketones is 1. The molecule has 1 aliphatic carbocycles. The van der Waals surface area contributed by atoms with Gasteiger partial charge in [0, 0.05) is 40.6 Å². The molecule has 0 aromatic heterocycles. The van der Waals surface area contributed by atoms with Gasteiger partial charge in [0.2, 0.25) is 0 Å². The Balaban J connectivity index is 1.89. The average molecular weight is 472 g/mol. The fourth-order valence-corrected chi connectivity index (χ4v) is 4.82.